The summed E-state index contributed by atoms with van der Waals surface area (Å²) in [5.41, 5.74) is 4.11. The number of carbonyl (C=O) groups excluding carboxylic acids is 2. The Hall–Kier alpha value is -4.27. The first-order valence-electron chi connectivity index (χ1n) is 12.5. The molecule has 8 nitrogen and oxygen atoms in total. The minimum Gasteiger partial charge on any atom is -0.494 e. The van der Waals surface area contributed by atoms with E-state index in [1.807, 2.05) is 49.5 Å². The Labute approximate surface area is 221 Å². The number of aromatic hydroxyl groups is 1. The number of esters is 1. The molecule has 0 spiro atoms. The van der Waals surface area contributed by atoms with Gasteiger partial charge in [0.25, 0.3) is 0 Å². The van der Waals surface area contributed by atoms with Crippen LogP contribution in [0.5, 0.6) is 5.88 Å². The number of methoxy groups -OCH3 is 1. The first kappa shape index (κ1) is 25.4. The minimum absolute atomic E-state index is 0.0542. The van der Waals surface area contributed by atoms with E-state index in [0.29, 0.717) is 39.0 Å². The molecule has 1 fully saturated rings. The molecule has 0 amide bonds. The zero-order chi connectivity index (χ0) is 26.8. The number of piperazine rings is 1. The molecule has 5 rings (SSSR count). The molecule has 38 heavy (non-hydrogen) atoms. The Bertz CT molecular complexity index is 1510. The number of aliphatic imine (C=N–C) groups is 1. The molecule has 3 aromatic carbocycles. The van der Waals surface area contributed by atoms with Gasteiger partial charge in [-0.05, 0) is 50.4 Å². The molecule has 4 aromatic rings. The van der Waals surface area contributed by atoms with E-state index in [-0.39, 0.29) is 23.7 Å². The second-order valence-electron chi connectivity index (χ2n) is 9.49. The van der Waals surface area contributed by atoms with Crippen molar-refractivity contribution in [2.24, 2.45) is 4.99 Å². The van der Waals surface area contributed by atoms with Gasteiger partial charge in [-0.15, -0.1) is 0 Å². The fourth-order valence-corrected chi connectivity index (χ4v) is 4.87. The van der Waals surface area contributed by atoms with E-state index in [9.17, 15) is 14.7 Å². The molecule has 1 aromatic heterocycles. The van der Waals surface area contributed by atoms with Crippen molar-refractivity contribution in [2.75, 3.05) is 27.2 Å². The fraction of sp³-hybridized carbons (Fsp3) is 0.233. The van der Waals surface area contributed by atoms with Gasteiger partial charge in [0.15, 0.2) is 11.7 Å². The summed E-state index contributed by atoms with van der Waals surface area (Å²) < 4.78 is 4.82. The third-order valence-electron chi connectivity index (χ3n) is 7.17. The quantitative estimate of drug-likeness (QED) is 0.203. The highest BCUT2D eigenvalue weighted by Crippen LogP contribution is 2.32. The van der Waals surface area contributed by atoms with Crippen LogP contribution in [0.15, 0.2) is 77.8 Å². The number of nitrogens with zero attached hydrogens (tertiary/aromatic N) is 2. The lowest BCUT2D eigenvalue weighted by molar-refractivity contribution is 0.0600. The van der Waals surface area contributed by atoms with Crippen molar-refractivity contribution < 1.29 is 19.4 Å². The zero-order valence-electron chi connectivity index (χ0n) is 21.6. The summed E-state index contributed by atoms with van der Waals surface area (Å²) in [4.78, 5) is 35.2. The van der Waals surface area contributed by atoms with Crippen LogP contribution >= 0.6 is 0 Å². The molecule has 2 atom stereocenters. The van der Waals surface area contributed by atoms with Crippen LogP contribution < -0.4 is 5.32 Å². The minimum atomic E-state index is -0.460. The molecule has 0 radical (unpaired) electrons. The third-order valence-corrected chi connectivity index (χ3v) is 7.17. The second-order valence-corrected chi connectivity index (χ2v) is 9.49. The van der Waals surface area contributed by atoms with Crippen molar-refractivity contribution in [1.29, 1.82) is 0 Å². The number of aromatic amines is 1. The predicted molar refractivity (Wildman–Crippen MR) is 148 cm³/mol. The number of hydrogen-bond donors (Lipinski definition) is 3. The number of hydrogen-bond acceptors (Lipinski definition) is 7. The molecule has 0 aliphatic carbocycles. The number of aromatic nitrogens is 1. The van der Waals surface area contributed by atoms with Crippen molar-refractivity contribution in [3.8, 4) is 5.88 Å². The van der Waals surface area contributed by atoms with Crippen molar-refractivity contribution in [3.05, 3.63) is 95.1 Å². The highest BCUT2D eigenvalue weighted by molar-refractivity contribution is 6.22. The molecular formula is C30H30N4O4. The smallest absolute Gasteiger partial charge is 0.337 e. The number of rotatable bonds is 6. The number of Topliss-reactive ketones (excluding diaryl/α,β-unsaturated/α-hetero) is 1. The van der Waals surface area contributed by atoms with Crippen LogP contribution in [-0.4, -0.2) is 71.8 Å². The first-order valence-corrected chi connectivity index (χ1v) is 12.5. The van der Waals surface area contributed by atoms with Gasteiger partial charge in [-0.25, -0.2) is 9.79 Å². The Balaban J connectivity index is 1.54. The van der Waals surface area contributed by atoms with Gasteiger partial charge in [-0.2, -0.15) is 0 Å². The molecule has 2 heterocycles. The maximum atomic E-state index is 13.2. The topological polar surface area (TPSA) is 107 Å². The van der Waals surface area contributed by atoms with Gasteiger partial charge in [0.1, 0.15) is 0 Å². The van der Waals surface area contributed by atoms with Crippen LogP contribution in [0.1, 0.15) is 38.8 Å². The van der Waals surface area contributed by atoms with E-state index in [1.54, 1.807) is 30.3 Å². The number of likely N-dealkylation sites (N-methyl/N-ethyl adjacent to an activating group) is 1. The third kappa shape index (κ3) is 4.83. The summed E-state index contributed by atoms with van der Waals surface area (Å²) in [5, 5.41) is 15.0. The van der Waals surface area contributed by atoms with Crippen LogP contribution in [0.3, 0.4) is 0 Å². The van der Waals surface area contributed by atoms with Crippen LogP contribution in [-0.2, 0) is 4.74 Å². The number of benzene rings is 3. The van der Waals surface area contributed by atoms with Crippen LogP contribution in [0.2, 0.25) is 0 Å². The highest BCUT2D eigenvalue weighted by atomic mass is 16.5. The van der Waals surface area contributed by atoms with Crippen molar-refractivity contribution in [3.63, 3.8) is 0 Å². The van der Waals surface area contributed by atoms with Crippen LogP contribution in [0, 0.1) is 0 Å². The van der Waals surface area contributed by atoms with Gasteiger partial charge in [0.05, 0.1) is 35.7 Å². The Morgan fingerprint density at radius 2 is 1.71 bits per heavy atom. The van der Waals surface area contributed by atoms with Gasteiger partial charge in [0.2, 0.25) is 0 Å². The standard InChI is InChI=1S/C30H30N4O4/c1-18-26(31-15-16-34(18)2)28(35)20-9-12-22(13-10-20)32-27(19-7-5-4-6-8-19)25-23-14-11-21(30(37)38-3)17-24(23)33-29(25)36/h4-14,17-18,26,31,33,36H,15-16H2,1-3H3. The summed E-state index contributed by atoms with van der Waals surface area (Å²) >= 11 is 0. The fourth-order valence-electron chi connectivity index (χ4n) is 4.87. The molecule has 3 N–H and O–H groups in total. The van der Waals surface area contributed by atoms with Crippen LogP contribution in [0.4, 0.5) is 5.69 Å². The van der Waals surface area contributed by atoms with Crippen LogP contribution in [0.25, 0.3) is 10.9 Å². The monoisotopic (exact) mass is 510 g/mol. The molecule has 1 aliphatic rings. The number of fused-ring (bicyclic) bond motifs is 1. The van der Waals surface area contributed by atoms with Crippen molar-refractivity contribution in [1.82, 2.24) is 15.2 Å². The lowest BCUT2D eigenvalue weighted by atomic mass is 9.96. The lowest BCUT2D eigenvalue weighted by Gasteiger charge is -2.36. The predicted octanol–water partition coefficient (Wildman–Crippen LogP) is 4.30. The van der Waals surface area contributed by atoms with E-state index in [2.05, 4.69) is 22.1 Å². The number of ether oxygens (including phenoxy) is 1. The Morgan fingerprint density at radius 1 is 1.00 bits per heavy atom. The summed E-state index contributed by atoms with van der Waals surface area (Å²) in [6, 6.07) is 21.7. The first-order chi connectivity index (χ1) is 18.4. The molecule has 2 unspecified atom stereocenters. The summed E-state index contributed by atoms with van der Waals surface area (Å²) in [6.45, 7) is 3.74. The number of H-pyrrole nitrogens is 1. The normalized spacial score (nSPS) is 18.4. The lowest BCUT2D eigenvalue weighted by Crippen LogP contribution is -2.58. The number of nitrogens with one attached hydrogen (secondary N) is 2. The van der Waals surface area contributed by atoms with Gasteiger partial charge in [-0.1, -0.05) is 36.4 Å². The van der Waals surface area contributed by atoms with Gasteiger partial charge in [0, 0.05) is 41.2 Å². The molecule has 8 heteroatoms. The number of ketones is 1. The molecule has 0 saturated carbocycles. The maximum Gasteiger partial charge on any atom is 0.337 e. The number of carbonyl (C=O) groups is 2. The molecule has 1 aliphatic heterocycles. The Kier molecular flexibility index (Phi) is 7.09. The van der Waals surface area contributed by atoms with Crippen molar-refractivity contribution >= 4 is 34.1 Å². The van der Waals surface area contributed by atoms with E-state index < -0.39 is 5.97 Å². The average molecular weight is 511 g/mol. The highest BCUT2D eigenvalue weighted by Gasteiger charge is 2.31. The summed E-state index contributed by atoms with van der Waals surface area (Å²) in [7, 11) is 3.36. The van der Waals surface area contributed by atoms with Crippen molar-refractivity contribution in [2.45, 2.75) is 19.0 Å². The van der Waals surface area contributed by atoms with E-state index in [0.717, 1.165) is 18.7 Å². The van der Waals surface area contributed by atoms with E-state index in [4.69, 9.17) is 9.73 Å². The molecule has 1 saturated heterocycles. The van der Waals surface area contributed by atoms with Gasteiger partial charge >= 0.3 is 5.97 Å². The van der Waals surface area contributed by atoms with E-state index in [1.165, 1.54) is 7.11 Å². The molecular weight excluding hydrogens is 480 g/mol. The SMILES string of the molecule is COC(=O)c1ccc2c(C(=Nc3ccc(C(=O)C4NCCN(C)C4C)cc3)c3ccccc3)c(O)[nH]c2c1. The molecule has 194 valence electrons. The zero-order valence-corrected chi connectivity index (χ0v) is 21.6. The average Bonchev–Trinajstić information content (AvgIpc) is 3.27. The maximum absolute atomic E-state index is 13.2. The Morgan fingerprint density at radius 3 is 2.42 bits per heavy atom. The second kappa shape index (κ2) is 10.6. The van der Waals surface area contributed by atoms with Gasteiger partial charge < -0.3 is 25.0 Å². The molecule has 0 bridgehead atoms. The summed E-state index contributed by atoms with van der Waals surface area (Å²) in [6.07, 6.45) is 0. The van der Waals surface area contributed by atoms with Gasteiger partial charge in [-0.3, -0.25) is 4.79 Å². The largest absolute Gasteiger partial charge is 0.494 e. The van der Waals surface area contributed by atoms with E-state index >= 15 is 0 Å². The summed E-state index contributed by atoms with van der Waals surface area (Å²) in [5.74, 6) is -0.463.